The largest absolute Gasteiger partial charge is 0.0895 e. The molecule has 0 aliphatic heterocycles. The van der Waals surface area contributed by atoms with Crippen molar-refractivity contribution in [1.82, 2.24) is 0 Å². The molecule has 0 amide bonds. The summed E-state index contributed by atoms with van der Waals surface area (Å²) in [6.45, 7) is 13.8. The Morgan fingerprint density at radius 3 is 1.30 bits per heavy atom. The van der Waals surface area contributed by atoms with Crippen molar-refractivity contribution < 1.29 is 0 Å². The first-order valence-corrected chi connectivity index (χ1v) is 9.29. The van der Waals surface area contributed by atoms with Gasteiger partial charge in [-0.15, -0.1) is 0 Å². The highest BCUT2D eigenvalue weighted by molar-refractivity contribution is 7.99. The quantitative estimate of drug-likeness (QED) is 0.582. The van der Waals surface area contributed by atoms with E-state index < -0.39 is 0 Å². The van der Waals surface area contributed by atoms with Crippen LogP contribution >= 0.6 is 11.8 Å². The smallest absolute Gasteiger partial charge is 0.0154 e. The first-order valence-electron chi connectivity index (χ1n) is 8.48. The lowest BCUT2D eigenvalue weighted by Gasteiger charge is -2.22. The average Bonchev–Trinajstić information content (AvgIpc) is 2.40. The van der Waals surface area contributed by atoms with Crippen molar-refractivity contribution in [2.75, 3.05) is 0 Å². The highest BCUT2D eigenvalue weighted by Gasteiger charge is 2.17. The monoisotopic (exact) mass is 326 g/mol. The predicted molar refractivity (Wildman–Crippen MR) is 103 cm³/mol. The maximum Gasteiger partial charge on any atom is 0.0154 e. The van der Waals surface area contributed by atoms with Gasteiger partial charge in [-0.3, -0.25) is 0 Å². The molecule has 0 fully saturated rings. The van der Waals surface area contributed by atoms with Crippen molar-refractivity contribution in [3.8, 4) is 0 Å². The first kappa shape index (κ1) is 18.1. The van der Waals surface area contributed by atoms with E-state index in [4.69, 9.17) is 0 Å². The average molecular weight is 327 g/mol. The summed E-state index contributed by atoms with van der Waals surface area (Å²) in [5, 5.41) is 0. The molecule has 0 aromatic heterocycles. The molecule has 2 rings (SSSR count). The van der Waals surface area contributed by atoms with Crippen molar-refractivity contribution in [2.45, 2.75) is 64.2 Å². The highest BCUT2D eigenvalue weighted by atomic mass is 32.2. The SMILES string of the molecule is CC(C)(C)Cc1ccccc1Sc1ccccc1CC(C)(C)C. The zero-order chi connectivity index (χ0) is 17.1. The molecule has 0 bridgehead atoms. The lowest BCUT2D eigenvalue weighted by Crippen LogP contribution is -2.10. The molecule has 0 radical (unpaired) electrons. The summed E-state index contributed by atoms with van der Waals surface area (Å²) in [5.41, 5.74) is 3.52. The minimum Gasteiger partial charge on any atom is -0.0895 e. The van der Waals surface area contributed by atoms with Gasteiger partial charge in [-0.1, -0.05) is 89.7 Å². The van der Waals surface area contributed by atoms with Crippen molar-refractivity contribution in [3.05, 3.63) is 59.7 Å². The number of hydrogen-bond donors (Lipinski definition) is 0. The Morgan fingerprint density at radius 2 is 0.957 bits per heavy atom. The van der Waals surface area contributed by atoms with Gasteiger partial charge < -0.3 is 0 Å². The van der Waals surface area contributed by atoms with Gasteiger partial charge in [0.05, 0.1) is 0 Å². The van der Waals surface area contributed by atoms with Crippen LogP contribution in [0.1, 0.15) is 52.7 Å². The fourth-order valence-corrected chi connectivity index (χ4v) is 3.83. The Hall–Kier alpha value is -1.21. The summed E-state index contributed by atoms with van der Waals surface area (Å²) < 4.78 is 0. The molecule has 124 valence electrons. The Kier molecular flexibility index (Phi) is 5.62. The van der Waals surface area contributed by atoms with Gasteiger partial charge in [0.2, 0.25) is 0 Å². The van der Waals surface area contributed by atoms with Crippen molar-refractivity contribution >= 4 is 11.8 Å². The van der Waals surface area contributed by atoms with Crippen LogP contribution in [0.4, 0.5) is 0 Å². The normalized spacial score (nSPS) is 12.4. The minimum absolute atomic E-state index is 0.307. The van der Waals surface area contributed by atoms with Crippen LogP contribution in [0, 0.1) is 10.8 Å². The zero-order valence-electron chi connectivity index (χ0n) is 15.4. The maximum absolute atomic E-state index is 2.31. The summed E-state index contributed by atoms with van der Waals surface area (Å²) in [5.74, 6) is 0. The molecule has 0 nitrogen and oxygen atoms in total. The Labute approximate surface area is 146 Å². The van der Waals surface area contributed by atoms with E-state index in [2.05, 4.69) is 90.1 Å². The van der Waals surface area contributed by atoms with E-state index in [1.54, 1.807) is 0 Å². The van der Waals surface area contributed by atoms with Gasteiger partial charge in [-0.05, 0) is 46.9 Å². The topological polar surface area (TPSA) is 0 Å². The summed E-state index contributed by atoms with van der Waals surface area (Å²) in [4.78, 5) is 2.78. The molecule has 0 spiro atoms. The molecule has 0 heterocycles. The molecule has 23 heavy (non-hydrogen) atoms. The molecule has 0 N–H and O–H groups in total. The second kappa shape index (κ2) is 7.13. The van der Waals surface area contributed by atoms with E-state index >= 15 is 0 Å². The van der Waals surface area contributed by atoms with Crippen LogP contribution in [0.2, 0.25) is 0 Å². The first-order chi connectivity index (χ1) is 10.6. The summed E-state index contributed by atoms with van der Waals surface area (Å²) in [7, 11) is 0. The molecule has 0 saturated carbocycles. The summed E-state index contributed by atoms with van der Waals surface area (Å²) >= 11 is 1.92. The Balaban J connectivity index is 2.30. The number of benzene rings is 2. The molecule has 0 atom stereocenters. The van der Waals surface area contributed by atoms with E-state index in [0.29, 0.717) is 10.8 Å². The third kappa shape index (κ3) is 6.06. The Bertz CT molecular complexity index is 584. The van der Waals surface area contributed by atoms with Crippen molar-refractivity contribution in [3.63, 3.8) is 0 Å². The molecular weight excluding hydrogens is 296 g/mol. The third-order valence-electron chi connectivity index (χ3n) is 3.61. The van der Waals surface area contributed by atoms with E-state index in [1.165, 1.54) is 20.9 Å². The molecule has 0 unspecified atom stereocenters. The third-order valence-corrected chi connectivity index (χ3v) is 4.84. The predicted octanol–water partition coefficient (Wildman–Crippen LogP) is 7.02. The van der Waals surface area contributed by atoms with Crippen LogP contribution in [-0.4, -0.2) is 0 Å². The lowest BCUT2D eigenvalue weighted by atomic mass is 9.88. The second-order valence-electron chi connectivity index (χ2n) is 8.79. The summed E-state index contributed by atoms with van der Waals surface area (Å²) in [6, 6.07) is 17.7. The molecule has 2 aromatic carbocycles. The number of rotatable bonds is 4. The van der Waals surface area contributed by atoms with E-state index in [0.717, 1.165) is 12.8 Å². The lowest BCUT2D eigenvalue weighted by molar-refractivity contribution is 0.408. The van der Waals surface area contributed by atoms with Crippen LogP contribution in [0.15, 0.2) is 58.3 Å². The van der Waals surface area contributed by atoms with E-state index in [1.807, 2.05) is 11.8 Å². The molecule has 0 aliphatic rings. The highest BCUT2D eigenvalue weighted by Crippen LogP contribution is 2.37. The molecule has 0 aliphatic carbocycles. The van der Waals surface area contributed by atoms with Gasteiger partial charge in [0.1, 0.15) is 0 Å². The van der Waals surface area contributed by atoms with Gasteiger partial charge in [0.25, 0.3) is 0 Å². The fraction of sp³-hybridized carbons (Fsp3) is 0.455. The molecular formula is C22H30S. The molecule has 1 heteroatoms. The Morgan fingerprint density at radius 1 is 0.609 bits per heavy atom. The van der Waals surface area contributed by atoms with Crippen molar-refractivity contribution in [1.29, 1.82) is 0 Å². The van der Waals surface area contributed by atoms with Crippen LogP contribution in [0.5, 0.6) is 0 Å². The van der Waals surface area contributed by atoms with Crippen LogP contribution in [0.3, 0.4) is 0 Å². The van der Waals surface area contributed by atoms with E-state index in [9.17, 15) is 0 Å². The summed E-state index contributed by atoms with van der Waals surface area (Å²) in [6.07, 6.45) is 2.22. The molecule has 2 aromatic rings. The van der Waals surface area contributed by atoms with Crippen LogP contribution < -0.4 is 0 Å². The number of hydrogen-bond acceptors (Lipinski definition) is 1. The minimum atomic E-state index is 0.307. The second-order valence-corrected chi connectivity index (χ2v) is 9.88. The maximum atomic E-state index is 2.31. The van der Waals surface area contributed by atoms with Gasteiger partial charge in [-0.2, -0.15) is 0 Å². The molecule has 0 saturated heterocycles. The zero-order valence-corrected chi connectivity index (χ0v) is 16.3. The standard InChI is InChI=1S/C22H30S/c1-21(2,3)15-17-11-7-9-13-19(17)23-20-14-10-8-12-18(20)16-22(4,5)6/h7-14H,15-16H2,1-6H3. The van der Waals surface area contributed by atoms with Crippen LogP contribution in [0.25, 0.3) is 0 Å². The van der Waals surface area contributed by atoms with Crippen molar-refractivity contribution in [2.24, 2.45) is 10.8 Å². The van der Waals surface area contributed by atoms with Gasteiger partial charge in [0.15, 0.2) is 0 Å². The fourth-order valence-electron chi connectivity index (χ4n) is 2.76. The van der Waals surface area contributed by atoms with Gasteiger partial charge >= 0.3 is 0 Å². The van der Waals surface area contributed by atoms with Crippen LogP contribution in [-0.2, 0) is 12.8 Å². The van der Waals surface area contributed by atoms with Gasteiger partial charge in [0, 0.05) is 9.79 Å². The van der Waals surface area contributed by atoms with Gasteiger partial charge in [-0.25, -0.2) is 0 Å². The van der Waals surface area contributed by atoms with E-state index in [-0.39, 0.29) is 0 Å².